The van der Waals surface area contributed by atoms with Gasteiger partial charge in [0.25, 0.3) is 23.3 Å². The SMILES string of the molecule is CCn1c(=O)c(OCC(=O)NC)cc2cc(Nc3nc(N4CCC(OC5CCN(c6ccc7c(c6)C(=O)N(C6CCC(=O)NC6=O)C7=O)CC5)CC4)ncc3Cl)ccc21. The topological polar surface area (TPSA) is 197 Å². The summed E-state index contributed by atoms with van der Waals surface area (Å²) in [6.07, 6.45) is 5.13. The van der Waals surface area contributed by atoms with E-state index in [9.17, 15) is 28.8 Å². The number of aryl methyl sites for hydroxylation is 1. The summed E-state index contributed by atoms with van der Waals surface area (Å²) in [5.74, 6) is -1.34. The number of anilines is 4. The number of pyridine rings is 1. The number of nitrogens with one attached hydrogen (secondary N) is 3. The number of amides is 5. The van der Waals surface area contributed by atoms with E-state index in [1.165, 1.54) is 7.05 Å². The number of fused-ring (bicyclic) bond motifs is 2. The maximum atomic E-state index is 13.3. The van der Waals surface area contributed by atoms with Gasteiger partial charge in [0.2, 0.25) is 17.8 Å². The Morgan fingerprint density at radius 3 is 2.31 bits per heavy atom. The number of halogens is 1. The predicted molar refractivity (Wildman–Crippen MR) is 218 cm³/mol. The van der Waals surface area contributed by atoms with Gasteiger partial charge < -0.3 is 34.5 Å². The molecule has 0 aliphatic carbocycles. The lowest BCUT2D eigenvalue weighted by Crippen LogP contribution is -2.54. The second-order valence-electron chi connectivity index (χ2n) is 15.0. The monoisotopic (exact) mass is 825 g/mol. The molecule has 59 heavy (non-hydrogen) atoms. The Morgan fingerprint density at radius 1 is 0.898 bits per heavy atom. The first-order chi connectivity index (χ1) is 28.5. The van der Waals surface area contributed by atoms with Crippen LogP contribution in [0.3, 0.4) is 0 Å². The first-order valence-corrected chi connectivity index (χ1v) is 20.2. The van der Waals surface area contributed by atoms with E-state index in [0.717, 1.165) is 60.3 Å². The Bertz CT molecular complexity index is 2410. The van der Waals surface area contributed by atoms with Crippen LogP contribution >= 0.6 is 11.6 Å². The highest BCUT2D eigenvalue weighted by Crippen LogP contribution is 2.33. The zero-order chi connectivity index (χ0) is 41.4. The van der Waals surface area contributed by atoms with Gasteiger partial charge in [0, 0.05) is 63.0 Å². The van der Waals surface area contributed by atoms with Gasteiger partial charge in [-0.25, -0.2) is 4.98 Å². The summed E-state index contributed by atoms with van der Waals surface area (Å²) >= 11 is 6.56. The number of hydrogen-bond donors (Lipinski definition) is 3. The maximum Gasteiger partial charge on any atom is 0.293 e. The van der Waals surface area contributed by atoms with E-state index in [1.807, 2.05) is 31.2 Å². The molecule has 2 aromatic carbocycles. The van der Waals surface area contributed by atoms with Crippen LogP contribution < -0.4 is 36.0 Å². The number of likely N-dealkylation sites (N-methyl/N-ethyl adjacent to an activating group) is 1. The minimum absolute atomic E-state index is 0.0737. The number of rotatable bonds is 11. The summed E-state index contributed by atoms with van der Waals surface area (Å²) in [4.78, 5) is 89.9. The van der Waals surface area contributed by atoms with Crippen molar-refractivity contribution in [3.05, 3.63) is 75.2 Å². The van der Waals surface area contributed by atoms with Gasteiger partial charge in [-0.05, 0) is 81.5 Å². The van der Waals surface area contributed by atoms with Crippen molar-refractivity contribution in [1.82, 2.24) is 30.1 Å². The van der Waals surface area contributed by atoms with E-state index in [4.69, 9.17) is 26.1 Å². The summed E-state index contributed by atoms with van der Waals surface area (Å²) in [5, 5.41) is 9.10. The number of carbonyl (C=O) groups is 5. The van der Waals surface area contributed by atoms with Gasteiger partial charge in [0.05, 0.1) is 35.0 Å². The molecule has 4 aliphatic rings. The molecule has 308 valence electrons. The van der Waals surface area contributed by atoms with Crippen LogP contribution in [-0.4, -0.2) is 107 Å². The number of nitrogens with zero attached hydrogens (tertiary/aromatic N) is 6. The highest BCUT2D eigenvalue weighted by atomic mass is 35.5. The molecule has 18 heteroatoms. The van der Waals surface area contributed by atoms with Crippen LogP contribution in [0.1, 0.15) is 66.2 Å². The summed E-state index contributed by atoms with van der Waals surface area (Å²) in [6, 6.07) is 11.4. The Balaban J connectivity index is 0.848. The zero-order valence-electron chi connectivity index (χ0n) is 32.7. The Kier molecular flexibility index (Phi) is 11.2. The molecule has 4 aromatic rings. The van der Waals surface area contributed by atoms with Gasteiger partial charge in [-0.2, -0.15) is 4.98 Å². The lowest BCUT2D eigenvalue weighted by atomic mass is 10.0. The van der Waals surface area contributed by atoms with Crippen molar-refractivity contribution in [2.75, 3.05) is 55.0 Å². The molecule has 4 aliphatic heterocycles. The third-order valence-electron chi connectivity index (χ3n) is 11.3. The lowest BCUT2D eigenvalue weighted by Gasteiger charge is -2.38. The summed E-state index contributed by atoms with van der Waals surface area (Å²) in [5.41, 5.74) is 2.47. The predicted octanol–water partition coefficient (Wildman–Crippen LogP) is 3.39. The van der Waals surface area contributed by atoms with Crippen LogP contribution in [0.4, 0.5) is 23.1 Å². The quantitative estimate of drug-likeness (QED) is 0.186. The van der Waals surface area contributed by atoms with E-state index >= 15 is 0 Å². The molecule has 8 rings (SSSR count). The van der Waals surface area contributed by atoms with Crippen LogP contribution in [0.2, 0.25) is 5.02 Å². The Morgan fingerprint density at radius 2 is 1.61 bits per heavy atom. The molecule has 0 saturated carbocycles. The molecule has 0 spiro atoms. The van der Waals surface area contributed by atoms with E-state index in [0.29, 0.717) is 42.1 Å². The average Bonchev–Trinajstić information content (AvgIpc) is 3.49. The van der Waals surface area contributed by atoms with Crippen molar-refractivity contribution in [3.8, 4) is 5.75 Å². The number of aromatic nitrogens is 3. The minimum Gasteiger partial charge on any atom is -0.478 e. The zero-order valence-corrected chi connectivity index (χ0v) is 33.4. The van der Waals surface area contributed by atoms with Gasteiger partial charge in [-0.3, -0.25) is 39.0 Å². The fourth-order valence-corrected chi connectivity index (χ4v) is 8.31. The molecule has 1 unspecified atom stereocenters. The van der Waals surface area contributed by atoms with E-state index in [-0.39, 0.29) is 60.0 Å². The normalized spacial score (nSPS) is 19.0. The molecule has 0 bridgehead atoms. The highest BCUT2D eigenvalue weighted by molar-refractivity contribution is 6.33. The Labute approximate surface area is 344 Å². The number of piperidine rings is 3. The number of ether oxygens (including phenoxy) is 2. The van der Waals surface area contributed by atoms with Crippen molar-refractivity contribution in [2.24, 2.45) is 0 Å². The van der Waals surface area contributed by atoms with Crippen LogP contribution in [0, 0.1) is 0 Å². The molecular weight excluding hydrogens is 782 g/mol. The van der Waals surface area contributed by atoms with Crippen molar-refractivity contribution >= 4 is 75.2 Å². The van der Waals surface area contributed by atoms with Gasteiger partial charge >= 0.3 is 0 Å². The van der Waals surface area contributed by atoms with E-state index in [1.54, 1.807) is 29.0 Å². The molecule has 2 aromatic heterocycles. The molecule has 3 saturated heterocycles. The molecule has 5 amide bonds. The number of imide groups is 2. The molecule has 3 N–H and O–H groups in total. The molecular formula is C41H44ClN9O8. The third-order valence-corrected chi connectivity index (χ3v) is 11.6. The minimum atomic E-state index is -0.997. The van der Waals surface area contributed by atoms with Crippen molar-refractivity contribution < 1.29 is 33.4 Å². The fraction of sp³-hybridized carbons (Fsp3) is 0.415. The largest absolute Gasteiger partial charge is 0.478 e. The molecule has 3 fully saturated rings. The molecule has 1 atom stereocenters. The first kappa shape index (κ1) is 39.7. The highest BCUT2D eigenvalue weighted by Gasteiger charge is 2.45. The second kappa shape index (κ2) is 16.7. The van der Waals surface area contributed by atoms with Crippen molar-refractivity contribution in [3.63, 3.8) is 0 Å². The smallest absolute Gasteiger partial charge is 0.293 e. The van der Waals surface area contributed by atoms with Crippen LogP contribution in [0.5, 0.6) is 5.75 Å². The summed E-state index contributed by atoms with van der Waals surface area (Å²) in [6.45, 7) is 4.86. The van der Waals surface area contributed by atoms with Crippen molar-refractivity contribution in [2.45, 2.75) is 70.2 Å². The summed E-state index contributed by atoms with van der Waals surface area (Å²) in [7, 11) is 1.50. The van der Waals surface area contributed by atoms with Crippen molar-refractivity contribution in [1.29, 1.82) is 0 Å². The fourth-order valence-electron chi connectivity index (χ4n) is 8.18. The van der Waals surface area contributed by atoms with Gasteiger partial charge in [-0.1, -0.05) is 11.6 Å². The van der Waals surface area contributed by atoms with Gasteiger partial charge in [0.1, 0.15) is 11.1 Å². The molecule has 0 radical (unpaired) electrons. The number of carbonyl (C=O) groups excluding carboxylic acids is 5. The van der Waals surface area contributed by atoms with E-state index < -0.39 is 29.7 Å². The van der Waals surface area contributed by atoms with Crippen LogP contribution in [0.25, 0.3) is 10.9 Å². The summed E-state index contributed by atoms with van der Waals surface area (Å²) < 4.78 is 13.7. The van der Waals surface area contributed by atoms with E-state index in [2.05, 4.69) is 30.7 Å². The standard InChI is InChI=1S/C41H44ClN9O8/c1-3-50-31-7-4-24(18-23(31)19-33(40(50)57)58-22-35(53)43-2)45-36-30(42)21-44-41(47-36)49-16-12-27(13-17-49)59-26-10-14-48(15-11-26)25-5-6-28-29(20-25)39(56)51(38(28)55)32-8-9-34(52)46-37(32)54/h4-7,18-21,26-27,32H,3,8-17,22H2,1-2H3,(H,43,53)(H,44,45,47)(H,46,52,54). The lowest BCUT2D eigenvalue weighted by molar-refractivity contribution is -0.136. The first-order valence-electron chi connectivity index (χ1n) is 19.8. The Hall–Kier alpha value is -6.07. The number of benzene rings is 2. The molecule has 17 nitrogen and oxygen atoms in total. The number of hydrogen-bond acceptors (Lipinski definition) is 13. The van der Waals surface area contributed by atoms with Crippen LogP contribution in [-0.2, 0) is 25.7 Å². The average molecular weight is 826 g/mol. The van der Waals surface area contributed by atoms with Crippen LogP contribution in [0.15, 0.2) is 53.5 Å². The molecule has 6 heterocycles. The second-order valence-corrected chi connectivity index (χ2v) is 15.4. The van der Waals surface area contributed by atoms with Gasteiger partial charge in [-0.15, -0.1) is 0 Å². The van der Waals surface area contributed by atoms with Gasteiger partial charge in [0.15, 0.2) is 18.2 Å². The third kappa shape index (κ3) is 8.04. The maximum absolute atomic E-state index is 13.3.